The van der Waals surface area contributed by atoms with Gasteiger partial charge in [-0.3, -0.25) is 0 Å². The molecule has 0 saturated heterocycles. The van der Waals surface area contributed by atoms with Crippen molar-refractivity contribution in [2.45, 2.75) is 13.1 Å². The minimum Gasteiger partial charge on any atom is -0.333 e. The molecule has 1 N–H and O–H groups in total. The van der Waals surface area contributed by atoms with Gasteiger partial charge < -0.3 is 9.88 Å². The third kappa shape index (κ3) is 2.84. The first-order chi connectivity index (χ1) is 8.20. The molecule has 3 nitrogen and oxygen atoms in total. The van der Waals surface area contributed by atoms with E-state index >= 15 is 0 Å². The van der Waals surface area contributed by atoms with Crippen LogP contribution in [-0.4, -0.2) is 16.6 Å². The summed E-state index contributed by atoms with van der Waals surface area (Å²) >= 11 is 5.96. The van der Waals surface area contributed by atoms with Gasteiger partial charge in [0.1, 0.15) is 5.82 Å². The van der Waals surface area contributed by atoms with Gasteiger partial charge in [0.25, 0.3) is 0 Å². The van der Waals surface area contributed by atoms with Crippen LogP contribution in [0.5, 0.6) is 0 Å². The van der Waals surface area contributed by atoms with Gasteiger partial charge in [0.2, 0.25) is 0 Å². The van der Waals surface area contributed by atoms with Gasteiger partial charge in [0.05, 0.1) is 18.6 Å². The summed E-state index contributed by atoms with van der Waals surface area (Å²) in [5.74, 6) is -0.290. The first kappa shape index (κ1) is 12.1. The molecule has 5 heteroatoms. The highest BCUT2D eigenvalue weighted by Gasteiger charge is 2.07. The van der Waals surface area contributed by atoms with E-state index in [1.165, 1.54) is 6.07 Å². The van der Waals surface area contributed by atoms with E-state index in [0.29, 0.717) is 23.7 Å². The van der Waals surface area contributed by atoms with Gasteiger partial charge in [0, 0.05) is 23.3 Å². The van der Waals surface area contributed by atoms with Crippen LogP contribution in [0.4, 0.5) is 4.39 Å². The molecule has 0 amide bonds. The summed E-state index contributed by atoms with van der Waals surface area (Å²) in [5.41, 5.74) is 1.41. The molecule has 90 valence electrons. The van der Waals surface area contributed by atoms with Gasteiger partial charge in [0.15, 0.2) is 0 Å². The predicted octanol–water partition coefficient (Wildman–Crippen LogP) is 2.44. The number of hydrogen-bond acceptors (Lipinski definition) is 2. The molecule has 1 aromatic heterocycles. The van der Waals surface area contributed by atoms with Crippen molar-refractivity contribution < 1.29 is 4.39 Å². The van der Waals surface area contributed by atoms with Crippen LogP contribution in [0.15, 0.2) is 30.7 Å². The number of aromatic nitrogens is 2. The Morgan fingerprint density at radius 1 is 1.47 bits per heavy atom. The maximum Gasteiger partial charge on any atom is 0.129 e. The van der Waals surface area contributed by atoms with E-state index < -0.39 is 0 Å². The number of halogens is 2. The summed E-state index contributed by atoms with van der Waals surface area (Å²) in [5, 5.41) is 3.45. The second-order valence-electron chi connectivity index (χ2n) is 3.77. The smallest absolute Gasteiger partial charge is 0.129 e. The van der Waals surface area contributed by atoms with E-state index in [1.54, 1.807) is 18.5 Å². The predicted molar refractivity (Wildman–Crippen MR) is 65.5 cm³/mol. The number of benzene rings is 1. The Bertz CT molecular complexity index is 490. The lowest BCUT2D eigenvalue weighted by atomic mass is 10.2. The molecule has 0 radical (unpaired) electrons. The first-order valence-electron chi connectivity index (χ1n) is 5.29. The molecule has 0 saturated carbocycles. The number of rotatable bonds is 4. The van der Waals surface area contributed by atoms with Gasteiger partial charge in [-0.15, -0.1) is 0 Å². The average molecular weight is 254 g/mol. The Labute approximate surface area is 104 Å². The van der Waals surface area contributed by atoms with Crippen molar-refractivity contribution in [2.24, 2.45) is 0 Å². The minimum atomic E-state index is -0.290. The fraction of sp³-hybridized carbons (Fsp3) is 0.250. The summed E-state index contributed by atoms with van der Waals surface area (Å²) in [6.45, 7) is 1.08. The Hall–Kier alpha value is -1.39. The highest BCUT2D eigenvalue weighted by Crippen LogP contribution is 2.20. The molecule has 0 unspecified atom stereocenters. The largest absolute Gasteiger partial charge is 0.333 e. The van der Waals surface area contributed by atoms with Crippen LogP contribution in [0.3, 0.4) is 0 Å². The van der Waals surface area contributed by atoms with E-state index in [2.05, 4.69) is 10.3 Å². The molecular weight excluding hydrogens is 241 g/mol. The molecule has 0 aliphatic heterocycles. The number of imidazole rings is 1. The van der Waals surface area contributed by atoms with E-state index in [1.807, 2.05) is 17.8 Å². The highest BCUT2D eigenvalue weighted by atomic mass is 35.5. The van der Waals surface area contributed by atoms with Crippen LogP contribution in [-0.2, 0) is 13.1 Å². The fourth-order valence-corrected chi connectivity index (χ4v) is 1.85. The van der Waals surface area contributed by atoms with E-state index in [9.17, 15) is 4.39 Å². The molecule has 0 atom stereocenters. The van der Waals surface area contributed by atoms with Crippen molar-refractivity contribution in [1.82, 2.24) is 14.9 Å². The van der Waals surface area contributed by atoms with Crippen molar-refractivity contribution in [1.29, 1.82) is 0 Å². The average Bonchev–Trinajstić information content (AvgIpc) is 2.72. The molecule has 0 bridgehead atoms. The highest BCUT2D eigenvalue weighted by molar-refractivity contribution is 6.31. The van der Waals surface area contributed by atoms with Gasteiger partial charge in [-0.1, -0.05) is 17.7 Å². The molecule has 0 spiro atoms. The summed E-state index contributed by atoms with van der Waals surface area (Å²) in [7, 11) is 1.85. The van der Waals surface area contributed by atoms with Crippen molar-refractivity contribution in [3.63, 3.8) is 0 Å². The standard InChI is InChI=1S/C12H13ClFN3/c1-15-5-9-6-17(8-16-9)7-10-11(13)3-2-4-12(10)14/h2-4,6,8,15H,5,7H2,1H3. The summed E-state index contributed by atoms with van der Waals surface area (Å²) in [6.07, 6.45) is 3.55. The minimum absolute atomic E-state index is 0.290. The summed E-state index contributed by atoms with van der Waals surface area (Å²) in [6, 6.07) is 4.69. The van der Waals surface area contributed by atoms with Gasteiger partial charge in [-0.25, -0.2) is 9.37 Å². The maximum absolute atomic E-state index is 13.6. The normalized spacial score (nSPS) is 10.8. The maximum atomic E-state index is 13.6. The van der Waals surface area contributed by atoms with Crippen molar-refractivity contribution >= 4 is 11.6 Å². The van der Waals surface area contributed by atoms with Gasteiger partial charge in [-0.05, 0) is 19.2 Å². The van der Waals surface area contributed by atoms with Crippen molar-refractivity contribution in [2.75, 3.05) is 7.05 Å². The topological polar surface area (TPSA) is 29.9 Å². The molecule has 2 rings (SSSR count). The molecule has 1 aromatic carbocycles. The second kappa shape index (κ2) is 5.29. The molecule has 0 fully saturated rings. The lowest BCUT2D eigenvalue weighted by Crippen LogP contribution is -2.05. The van der Waals surface area contributed by atoms with Gasteiger partial charge >= 0.3 is 0 Å². The van der Waals surface area contributed by atoms with Crippen LogP contribution >= 0.6 is 11.6 Å². The van der Waals surface area contributed by atoms with Crippen LogP contribution in [0.1, 0.15) is 11.3 Å². The Morgan fingerprint density at radius 2 is 2.29 bits per heavy atom. The molecular formula is C12H13ClFN3. The van der Waals surface area contributed by atoms with Gasteiger partial charge in [-0.2, -0.15) is 0 Å². The first-order valence-corrected chi connectivity index (χ1v) is 5.66. The van der Waals surface area contributed by atoms with E-state index in [0.717, 1.165) is 5.69 Å². The molecule has 1 heterocycles. The van der Waals surface area contributed by atoms with Crippen LogP contribution in [0, 0.1) is 5.82 Å². The lowest BCUT2D eigenvalue weighted by molar-refractivity contribution is 0.599. The quantitative estimate of drug-likeness (QED) is 0.907. The Morgan fingerprint density at radius 3 is 3.00 bits per heavy atom. The lowest BCUT2D eigenvalue weighted by Gasteiger charge is -2.06. The zero-order chi connectivity index (χ0) is 12.3. The number of nitrogens with zero attached hydrogens (tertiary/aromatic N) is 2. The van der Waals surface area contributed by atoms with E-state index in [-0.39, 0.29) is 5.82 Å². The summed E-state index contributed by atoms with van der Waals surface area (Å²) < 4.78 is 15.4. The van der Waals surface area contributed by atoms with Crippen LogP contribution in [0.25, 0.3) is 0 Å². The summed E-state index contributed by atoms with van der Waals surface area (Å²) in [4.78, 5) is 4.20. The zero-order valence-electron chi connectivity index (χ0n) is 9.45. The molecule has 0 aliphatic carbocycles. The monoisotopic (exact) mass is 253 g/mol. The number of nitrogens with one attached hydrogen (secondary N) is 1. The van der Waals surface area contributed by atoms with Crippen molar-refractivity contribution in [3.05, 3.63) is 52.8 Å². The third-order valence-electron chi connectivity index (χ3n) is 2.45. The molecule has 0 aliphatic rings. The number of hydrogen-bond donors (Lipinski definition) is 1. The third-order valence-corrected chi connectivity index (χ3v) is 2.80. The molecule has 17 heavy (non-hydrogen) atoms. The van der Waals surface area contributed by atoms with Crippen LogP contribution in [0.2, 0.25) is 5.02 Å². The zero-order valence-corrected chi connectivity index (χ0v) is 10.2. The van der Waals surface area contributed by atoms with E-state index in [4.69, 9.17) is 11.6 Å². The molecule has 2 aromatic rings. The fourth-order valence-electron chi connectivity index (χ4n) is 1.63. The Kier molecular flexibility index (Phi) is 3.76. The second-order valence-corrected chi connectivity index (χ2v) is 4.18. The van der Waals surface area contributed by atoms with Crippen molar-refractivity contribution in [3.8, 4) is 0 Å². The SMILES string of the molecule is CNCc1cn(Cc2c(F)cccc2Cl)cn1. The Balaban J connectivity index is 2.19. The van der Waals surface area contributed by atoms with Crippen LogP contribution < -0.4 is 5.32 Å².